The lowest BCUT2D eigenvalue weighted by Gasteiger charge is -2.32. The summed E-state index contributed by atoms with van der Waals surface area (Å²) in [5, 5.41) is 3.69. The molecule has 2 unspecified atom stereocenters. The zero-order chi connectivity index (χ0) is 14.7. The van der Waals surface area contributed by atoms with E-state index in [1.807, 2.05) is 13.1 Å². The van der Waals surface area contributed by atoms with Gasteiger partial charge in [-0.2, -0.15) is 0 Å². The zero-order valence-electron chi connectivity index (χ0n) is 13.5. The SMILES string of the molecule is COc1c(C)cnc(CNC2CC(C)CC(C)C2)c1C. The lowest BCUT2D eigenvalue weighted by Crippen LogP contribution is -2.36. The van der Waals surface area contributed by atoms with Crippen LogP contribution in [0.3, 0.4) is 0 Å². The third kappa shape index (κ3) is 3.51. The molecule has 1 aromatic heterocycles. The van der Waals surface area contributed by atoms with Crippen LogP contribution in [0.5, 0.6) is 5.75 Å². The molecular weight excluding hydrogens is 248 g/mol. The Morgan fingerprint density at radius 1 is 1.20 bits per heavy atom. The van der Waals surface area contributed by atoms with E-state index in [-0.39, 0.29) is 0 Å². The van der Waals surface area contributed by atoms with Crippen LogP contribution in [0.15, 0.2) is 6.20 Å². The average Bonchev–Trinajstić information content (AvgIpc) is 2.37. The van der Waals surface area contributed by atoms with Gasteiger partial charge in [0.1, 0.15) is 5.75 Å². The topological polar surface area (TPSA) is 34.1 Å². The number of nitrogens with one attached hydrogen (secondary N) is 1. The Kier molecular flexibility index (Phi) is 5.03. The summed E-state index contributed by atoms with van der Waals surface area (Å²) in [6.07, 6.45) is 5.85. The molecule has 1 aliphatic carbocycles. The van der Waals surface area contributed by atoms with Crippen molar-refractivity contribution in [2.45, 2.75) is 59.5 Å². The van der Waals surface area contributed by atoms with Gasteiger partial charge >= 0.3 is 0 Å². The molecule has 112 valence electrons. The van der Waals surface area contributed by atoms with E-state index >= 15 is 0 Å². The summed E-state index contributed by atoms with van der Waals surface area (Å²) >= 11 is 0. The quantitative estimate of drug-likeness (QED) is 0.912. The van der Waals surface area contributed by atoms with E-state index in [0.717, 1.165) is 41.0 Å². The molecule has 0 radical (unpaired) electrons. The van der Waals surface area contributed by atoms with Crippen molar-refractivity contribution in [1.29, 1.82) is 0 Å². The summed E-state index contributed by atoms with van der Waals surface area (Å²) < 4.78 is 5.47. The first-order chi connectivity index (χ1) is 9.51. The van der Waals surface area contributed by atoms with Gasteiger partial charge in [0.05, 0.1) is 12.8 Å². The lowest BCUT2D eigenvalue weighted by atomic mass is 9.80. The van der Waals surface area contributed by atoms with Crippen molar-refractivity contribution >= 4 is 0 Å². The predicted molar refractivity (Wildman–Crippen MR) is 83.1 cm³/mol. The van der Waals surface area contributed by atoms with Crippen molar-refractivity contribution in [1.82, 2.24) is 10.3 Å². The Bertz CT molecular complexity index is 449. The van der Waals surface area contributed by atoms with Gasteiger partial charge in [0.25, 0.3) is 0 Å². The van der Waals surface area contributed by atoms with E-state index < -0.39 is 0 Å². The lowest BCUT2D eigenvalue weighted by molar-refractivity contribution is 0.237. The van der Waals surface area contributed by atoms with Gasteiger partial charge in [-0.15, -0.1) is 0 Å². The Morgan fingerprint density at radius 3 is 2.45 bits per heavy atom. The van der Waals surface area contributed by atoms with Crippen LogP contribution in [-0.2, 0) is 6.54 Å². The zero-order valence-corrected chi connectivity index (χ0v) is 13.5. The summed E-state index contributed by atoms with van der Waals surface area (Å²) in [6.45, 7) is 9.71. The van der Waals surface area contributed by atoms with Crippen LogP contribution >= 0.6 is 0 Å². The van der Waals surface area contributed by atoms with Crippen molar-refractivity contribution in [2.75, 3.05) is 7.11 Å². The van der Waals surface area contributed by atoms with Gasteiger partial charge in [-0.3, -0.25) is 4.98 Å². The third-order valence-electron chi connectivity index (χ3n) is 4.49. The highest BCUT2D eigenvalue weighted by Gasteiger charge is 2.23. The van der Waals surface area contributed by atoms with Gasteiger partial charge in [0.15, 0.2) is 0 Å². The smallest absolute Gasteiger partial charge is 0.128 e. The molecule has 3 heteroatoms. The Balaban J connectivity index is 2.00. The fraction of sp³-hybridized carbons (Fsp3) is 0.706. The highest BCUT2D eigenvalue weighted by Crippen LogP contribution is 2.29. The molecule has 1 heterocycles. The van der Waals surface area contributed by atoms with Crippen molar-refractivity contribution in [3.63, 3.8) is 0 Å². The molecule has 0 aromatic carbocycles. The van der Waals surface area contributed by atoms with Crippen LogP contribution in [0.4, 0.5) is 0 Å². The average molecular weight is 276 g/mol. The van der Waals surface area contributed by atoms with Crippen LogP contribution in [0.25, 0.3) is 0 Å². The molecule has 0 bridgehead atoms. The monoisotopic (exact) mass is 276 g/mol. The molecule has 3 nitrogen and oxygen atoms in total. The van der Waals surface area contributed by atoms with Gasteiger partial charge in [-0.05, 0) is 44.9 Å². The fourth-order valence-electron chi connectivity index (χ4n) is 3.60. The molecule has 0 spiro atoms. The normalized spacial score (nSPS) is 26.6. The van der Waals surface area contributed by atoms with Gasteiger partial charge < -0.3 is 10.1 Å². The van der Waals surface area contributed by atoms with Crippen molar-refractivity contribution in [3.8, 4) is 5.75 Å². The molecule has 1 aliphatic rings. The highest BCUT2D eigenvalue weighted by molar-refractivity contribution is 5.40. The Labute approximate surface area is 123 Å². The van der Waals surface area contributed by atoms with E-state index in [2.05, 4.69) is 31.1 Å². The number of methoxy groups -OCH3 is 1. The largest absolute Gasteiger partial charge is 0.496 e. The molecule has 1 N–H and O–H groups in total. The molecule has 2 rings (SSSR count). The first-order valence-electron chi connectivity index (χ1n) is 7.73. The van der Waals surface area contributed by atoms with Crippen molar-refractivity contribution in [3.05, 3.63) is 23.0 Å². The van der Waals surface area contributed by atoms with Crippen LogP contribution < -0.4 is 10.1 Å². The molecule has 0 amide bonds. The fourth-order valence-corrected chi connectivity index (χ4v) is 3.60. The minimum atomic E-state index is 0.627. The maximum Gasteiger partial charge on any atom is 0.128 e. The van der Waals surface area contributed by atoms with Crippen LogP contribution in [0.1, 0.15) is 49.9 Å². The first kappa shape index (κ1) is 15.3. The third-order valence-corrected chi connectivity index (χ3v) is 4.49. The van der Waals surface area contributed by atoms with E-state index in [0.29, 0.717) is 6.04 Å². The number of hydrogen-bond donors (Lipinski definition) is 1. The molecule has 0 saturated heterocycles. The molecule has 2 atom stereocenters. The molecule has 20 heavy (non-hydrogen) atoms. The summed E-state index contributed by atoms with van der Waals surface area (Å²) in [5.74, 6) is 2.64. The maximum absolute atomic E-state index is 5.47. The number of aryl methyl sites for hydroxylation is 1. The van der Waals surface area contributed by atoms with Gasteiger partial charge in [-0.25, -0.2) is 0 Å². The molecular formula is C17H28N2O. The number of rotatable bonds is 4. The predicted octanol–water partition coefficient (Wildman–Crippen LogP) is 3.62. The Hall–Kier alpha value is -1.09. The van der Waals surface area contributed by atoms with E-state index in [4.69, 9.17) is 4.74 Å². The number of pyridine rings is 1. The second-order valence-corrected chi connectivity index (χ2v) is 6.54. The Morgan fingerprint density at radius 2 is 1.85 bits per heavy atom. The number of ether oxygens (including phenoxy) is 1. The molecule has 1 saturated carbocycles. The summed E-state index contributed by atoms with van der Waals surface area (Å²) in [7, 11) is 1.73. The first-order valence-corrected chi connectivity index (χ1v) is 7.73. The minimum absolute atomic E-state index is 0.627. The van der Waals surface area contributed by atoms with Gasteiger partial charge in [-0.1, -0.05) is 13.8 Å². The number of hydrogen-bond acceptors (Lipinski definition) is 3. The second kappa shape index (κ2) is 6.57. The van der Waals surface area contributed by atoms with E-state index in [1.165, 1.54) is 19.3 Å². The van der Waals surface area contributed by atoms with E-state index in [9.17, 15) is 0 Å². The summed E-state index contributed by atoms with van der Waals surface area (Å²) in [5.41, 5.74) is 3.38. The van der Waals surface area contributed by atoms with Crippen LogP contribution in [0.2, 0.25) is 0 Å². The summed E-state index contributed by atoms with van der Waals surface area (Å²) in [4.78, 5) is 4.57. The van der Waals surface area contributed by atoms with E-state index in [1.54, 1.807) is 7.11 Å². The number of nitrogens with zero attached hydrogens (tertiary/aromatic N) is 1. The molecule has 1 fully saturated rings. The van der Waals surface area contributed by atoms with Crippen LogP contribution in [0, 0.1) is 25.7 Å². The molecule has 1 aromatic rings. The second-order valence-electron chi connectivity index (χ2n) is 6.54. The van der Waals surface area contributed by atoms with Gasteiger partial charge in [0.2, 0.25) is 0 Å². The van der Waals surface area contributed by atoms with Crippen molar-refractivity contribution in [2.24, 2.45) is 11.8 Å². The van der Waals surface area contributed by atoms with Crippen molar-refractivity contribution < 1.29 is 4.74 Å². The van der Waals surface area contributed by atoms with Crippen LogP contribution in [-0.4, -0.2) is 18.1 Å². The number of aromatic nitrogens is 1. The standard InChI is InChI=1S/C17H28N2O/c1-11-6-12(2)8-15(7-11)18-10-16-14(4)17(20-5)13(3)9-19-16/h9,11-12,15,18H,6-8,10H2,1-5H3. The minimum Gasteiger partial charge on any atom is -0.496 e. The summed E-state index contributed by atoms with van der Waals surface area (Å²) in [6, 6.07) is 0.627. The highest BCUT2D eigenvalue weighted by atomic mass is 16.5. The molecule has 0 aliphatic heterocycles. The van der Waals surface area contributed by atoms with Gasteiger partial charge in [0, 0.05) is 29.9 Å². The maximum atomic E-state index is 5.47.